The van der Waals surface area contributed by atoms with Crippen LogP contribution in [0.4, 0.5) is 23.1 Å². The Morgan fingerprint density at radius 2 is 1.87 bits per heavy atom. The van der Waals surface area contributed by atoms with Gasteiger partial charge in [0.2, 0.25) is 5.95 Å². The molecule has 0 spiro atoms. The quantitative estimate of drug-likeness (QED) is 0.564. The van der Waals surface area contributed by atoms with Gasteiger partial charge in [0.1, 0.15) is 11.5 Å². The molecular weight excluding hydrogens is 416 g/mol. The summed E-state index contributed by atoms with van der Waals surface area (Å²) >= 11 is 0. The molecule has 164 valence electrons. The summed E-state index contributed by atoms with van der Waals surface area (Å²) in [5, 5.41) is 7.29. The van der Waals surface area contributed by atoms with Crippen LogP contribution in [0.1, 0.15) is 31.7 Å². The van der Waals surface area contributed by atoms with E-state index in [0.717, 1.165) is 62.9 Å². The summed E-state index contributed by atoms with van der Waals surface area (Å²) in [6, 6.07) is 5.78. The molecule has 3 aromatic heterocycles. The Bertz CT molecular complexity index is 1100. The molecule has 3 aromatic rings. The molecule has 1 aliphatic carbocycles. The SMILES string of the molecule is Cl.Nc1cc2cnc(Nc3ccc(N4CCNCC4)cn3)nc2n(C2CCCC2)c1=O. The smallest absolute Gasteiger partial charge is 0.275 e. The first kappa shape index (κ1) is 21.3. The van der Waals surface area contributed by atoms with Crippen molar-refractivity contribution >= 4 is 46.6 Å². The van der Waals surface area contributed by atoms with E-state index in [1.54, 1.807) is 16.8 Å². The average Bonchev–Trinajstić information content (AvgIpc) is 3.30. The predicted octanol–water partition coefficient (Wildman–Crippen LogP) is 2.46. The third-order valence-electron chi connectivity index (χ3n) is 5.96. The second-order valence-corrected chi connectivity index (χ2v) is 7.95. The Kier molecular flexibility index (Phi) is 6.24. The molecule has 0 amide bonds. The molecule has 4 N–H and O–H groups in total. The van der Waals surface area contributed by atoms with E-state index in [1.807, 2.05) is 12.3 Å². The number of nitrogens with one attached hydrogen (secondary N) is 2. The highest BCUT2D eigenvalue weighted by atomic mass is 35.5. The van der Waals surface area contributed by atoms with E-state index in [1.165, 1.54) is 0 Å². The lowest BCUT2D eigenvalue weighted by atomic mass is 10.2. The number of hydrogen-bond donors (Lipinski definition) is 3. The van der Waals surface area contributed by atoms with Crippen LogP contribution in [0.3, 0.4) is 0 Å². The van der Waals surface area contributed by atoms with Crippen LogP contribution < -0.4 is 26.8 Å². The number of aromatic nitrogens is 4. The molecule has 2 fully saturated rings. The van der Waals surface area contributed by atoms with E-state index in [2.05, 4.69) is 36.6 Å². The summed E-state index contributed by atoms with van der Waals surface area (Å²) in [5.74, 6) is 1.08. The van der Waals surface area contributed by atoms with Gasteiger partial charge in [-0.3, -0.25) is 9.36 Å². The van der Waals surface area contributed by atoms with Crippen LogP contribution in [0.15, 0.2) is 35.4 Å². The molecule has 0 unspecified atom stereocenters. The van der Waals surface area contributed by atoms with Gasteiger partial charge in [0.05, 0.1) is 17.6 Å². The van der Waals surface area contributed by atoms with Crippen LogP contribution in [0, 0.1) is 0 Å². The van der Waals surface area contributed by atoms with Gasteiger partial charge in [0.25, 0.3) is 5.56 Å². The van der Waals surface area contributed by atoms with Crippen molar-refractivity contribution < 1.29 is 0 Å². The molecule has 0 atom stereocenters. The number of nitrogen functional groups attached to an aromatic ring is 1. The van der Waals surface area contributed by atoms with Gasteiger partial charge >= 0.3 is 0 Å². The first-order valence-electron chi connectivity index (χ1n) is 10.6. The molecule has 0 bridgehead atoms. The lowest BCUT2D eigenvalue weighted by Crippen LogP contribution is -2.43. The Morgan fingerprint density at radius 1 is 1.10 bits per heavy atom. The Labute approximate surface area is 186 Å². The number of rotatable bonds is 4. The average molecular weight is 443 g/mol. The zero-order valence-corrected chi connectivity index (χ0v) is 18.1. The van der Waals surface area contributed by atoms with E-state index < -0.39 is 0 Å². The number of halogens is 1. The third-order valence-corrected chi connectivity index (χ3v) is 5.96. The number of piperazine rings is 1. The first-order valence-corrected chi connectivity index (χ1v) is 10.6. The van der Waals surface area contributed by atoms with E-state index in [9.17, 15) is 4.79 Å². The summed E-state index contributed by atoms with van der Waals surface area (Å²) in [7, 11) is 0. The van der Waals surface area contributed by atoms with Crippen molar-refractivity contribution in [2.24, 2.45) is 0 Å². The number of nitrogens with two attached hydrogens (primary N) is 1. The predicted molar refractivity (Wildman–Crippen MR) is 126 cm³/mol. The molecule has 1 saturated heterocycles. The van der Waals surface area contributed by atoms with Crippen molar-refractivity contribution in [2.45, 2.75) is 31.7 Å². The zero-order valence-electron chi connectivity index (χ0n) is 17.3. The van der Waals surface area contributed by atoms with Crippen molar-refractivity contribution in [3.8, 4) is 0 Å². The monoisotopic (exact) mass is 442 g/mol. The van der Waals surface area contributed by atoms with Gasteiger partial charge in [-0.2, -0.15) is 4.98 Å². The number of nitrogens with zero attached hydrogens (tertiary/aromatic N) is 5. The minimum Gasteiger partial charge on any atom is -0.394 e. The Hall–Kier alpha value is -2.91. The largest absolute Gasteiger partial charge is 0.394 e. The van der Waals surface area contributed by atoms with Gasteiger partial charge in [-0.1, -0.05) is 12.8 Å². The van der Waals surface area contributed by atoms with E-state index in [0.29, 0.717) is 17.4 Å². The molecule has 10 heteroatoms. The van der Waals surface area contributed by atoms with Crippen LogP contribution in [-0.4, -0.2) is 45.7 Å². The molecule has 9 nitrogen and oxygen atoms in total. The van der Waals surface area contributed by atoms with E-state index in [4.69, 9.17) is 5.73 Å². The molecule has 5 rings (SSSR count). The maximum Gasteiger partial charge on any atom is 0.275 e. The molecule has 1 saturated carbocycles. The molecule has 0 aromatic carbocycles. The molecule has 4 heterocycles. The fourth-order valence-corrected chi connectivity index (χ4v) is 4.39. The second-order valence-electron chi connectivity index (χ2n) is 7.95. The minimum absolute atomic E-state index is 0. The lowest BCUT2D eigenvalue weighted by Gasteiger charge is -2.29. The van der Waals surface area contributed by atoms with E-state index in [-0.39, 0.29) is 29.7 Å². The standard InChI is InChI=1S/C21H26N8O.ClH/c22-17-11-14-12-25-21(27-19(14)29(20(17)30)15-3-1-2-4-15)26-18-6-5-16(13-24-18)28-9-7-23-8-10-28;/h5-6,11-13,15,23H,1-4,7-10,22H2,(H,24,25,26,27);1H. The third kappa shape index (κ3) is 4.28. The van der Waals surface area contributed by atoms with Crippen molar-refractivity contribution in [1.82, 2.24) is 24.8 Å². The maximum atomic E-state index is 12.8. The topological polar surface area (TPSA) is 114 Å². The molecule has 1 aliphatic heterocycles. The van der Waals surface area contributed by atoms with Crippen molar-refractivity contribution in [2.75, 3.05) is 42.1 Å². The maximum absolute atomic E-state index is 12.8. The number of anilines is 4. The van der Waals surface area contributed by atoms with Gasteiger partial charge in [0, 0.05) is 43.8 Å². The number of pyridine rings is 2. The van der Waals surface area contributed by atoms with Crippen molar-refractivity contribution in [1.29, 1.82) is 0 Å². The van der Waals surface area contributed by atoms with Crippen LogP contribution in [-0.2, 0) is 0 Å². The highest BCUT2D eigenvalue weighted by Gasteiger charge is 2.22. The minimum atomic E-state index is -0.169. The van der Waals surface area contributed by atoms with Crippen molar-refractivity contribution in [3.05, 3.63) is 40.9 Å². The van der Waals surface area contributed by atoms with Gasteiger partial charge < -0.3 is 21.3 Å². The first-order chi connectivity index (χ1) is 14.7. The van der Waals surface area contributed by atoms with Crippen LogP contribution >= 0.6 is 12.4 Å². The van der Waals surface area contributed by atoms with Crippen LogP contribution in [0.5, 0.6) is 0 Å². The number of hydrogen-bond acceptors (Lipinski definition) is 8. The summed E-state index contributed by atoms with van der Waals surface area (Å²) in [6.45, 7) is 3.92. The molecule has 2 aliphatic rings. The van der Waals surface area contributed by atoms with Crippen LogP contribution in [0.2, 0.25) is 0 Å². The lowest BCUT2D eigenvalue weighted by molar-refractivity contribution is 0.517. The fraction of sp³-hybridized carbons (Fsp3) is 0.429. The summed E-state index contributed by atoms with van der Waals surface area (Å²) in [4.78, 5) is 28.6. The summed E-state index contributed by atoms with van der Waals surface area (Å²) in [5.41, 5.74) is 7.77. The summed E-state index contributed by atoms with van der Waals surface area (Å²) < 4.78 is 1.76. The normalized spacial score (nSPS) is 17.0. The highest BCUT2D eigenvalue weighted by Crippen LogP contribution is 2.31. The van der Waals surface area contributed by atoms with Gasteiger partial charge in [-0.25, -0.2) is 9.97 Å². The van der Waals surface area contributed by atoms with Gasteiger partial charge in [-0.15, -0.1) is 12.4 Å². The summed E-state index contributed by atoms with van der Waals surface area (Å²) in [6.07, 6.45) is 7.76. The molecule has 31 heavy (non-hydrogen) atoms. The van der Waals surface area contributed by atoms with Crippen molar-refractivity contribution in [3.63, 3.8) is 0 Å². The van der Waals surface area contributed by atoms with Crippen LogP contribution in [0.25, 0.3) is 11.0 Å². The van der Waals surface area contributed by atoms with Gasteiger partial charge in [-0.05, 0) is 31.0 Å². The molecular formula is C21H27ClN8O. The fourth-order valence-electron chi connectivity index (χ4n) is 4.39. The second kappa shape index (κ2) is 9.07. The van der Waals surface area contributed by atoms with E-state index >= 15 is 0 Å². The zero-order chi connectivity index (χ0) is 20.5. The Balaban J connectivity index is 0.00000231. The molecule has 0 radical (unpaired) electrons. The van der Waals surface area contributed by atoms with Gasteiger partial charge in [0.15, 0.2) is 0 Å². The highest BCUT2D eigenvalue weighted by molar-refractivity contribution is 5.85. The Morgan fingerprint density at radius 3 is 2.58 bits per heavy atom. The number of fused-ring (bicyclic) bond motifs is 1.